The van der Waals surface area contributed by atoms with Crippen LogP contribution in [-0.2, 0) is 4.74 Å². The number of unbranched alkanes of at least 4 members (excludes halogenated alkanes) is 13. The summed E-state index contributed by atoms with van der Waals surface area (Å²) in [5, 5.41) is 1.25. The van der Waals surface area contributed by atoms with Crippen LogP contribution >= 0.6 is 0 Å². The molecule has 3 nitrogen and oxygen atoms in total. The van der Waals surface area contributed by atoms with Crippen LogP contribution in [0.1, 0.15) is 121 Å². The Kier molecular flexibility index (Phi) is 12.6. The molecule has 0 saturated carbocycles. The first-order chi connectivity index (χ1) is 18.8. The minimum absolute atomic E-state index is 0.124. The van der Waals surface area contributed by atoms with Crippen LogP contribution in [0.2, 0.25) is 0 Å². The Morgan fingerprint density at radius 3 is 2.21 bits per heavy atom. The van der Waals surface area contributed by atoms with Gasteiger partial charge in [0.2, 0.25) is 0 Å². The lowest BCUT2D eigenvalue weighted by Crippen LogP contribution is -2.55. The number of benzene rings is 1. The van der Waals surface area contributed by atoms with Gasteiger partial charge in [-0.3, -0.25) is 9.88 Å². The van der Waals surface area contributed by atoms with Crippen molar-refractivity contribution in [1.29, 1.82) is 0 Å². The van der Waals surface area contributed by atoms with Crippen molar-refractivity contribution < 1.29 is 4.74 Å². The SMILES string of the molecule is C=C[C@H]1CN2CC[C@H]1C[C@@H]2[C@@H](OCCCCCCCCCCCCCCCC)c1ccnc2ccccc12. The summed E-state index contributed by atoms with van der Waals surface area (Å²) in [7, 11) is 0. The second-order valence-corrected chi connectivity index (χ2v) is 12.1. The van der Waals surface area contributed by atoms with Crippen LogP contribution in [0.5, 0.6) is 0 Å². The first-order valence-corrected chi connectivity index (χ1v) is 16.1. The van der Waals surface area contributed by atoms with Gasteiger partial charge in [0.15, 0.2) is 0 Å². The lowest BCUT2D eigenvalue weighted by molar-refractivity contribution is -0.0754. The maximum Gasteiger partial charge on any atom is 0.0987 e. The van der Waals surface area contributed by atoms with Gasteiger partial charge in [0, 0.05) is 30.8 Å². The molecule has 3 heteroatoms. The molecule has 5 rings (SSSR count). The molecule has 0 radical (unpaired) electrons. The molecule has 1 unspecified atom stereocenters. The number of rotatable bonds is 19. The molecule has 210 valence electrons. The Hall–Kier alpha value is -1.71. The number of nitrogens with zero attached hydrogens (tertiary/aromatic N) is 2. The molecular weight excluding hydrogens is 464 g/mol. The molecule has 0 amide bonds. The Bertz CT molecular complexity index is 937. The van der Waals surface area contributed by atoms with E-state index in [4.69, 9.17) is 4.74 Å². The zero-order valence-electron chi connectivity index (χ0n) is 24.3. The fourth-order valence-electron chi connectivity index (χ4n) is 6.97. The highest BCUT2D eigenvalue weighted by Crippen LogP contribution is 2.43. The van der Waals surface area contributed by atoms with E-state index in [0.717, 1.165) is 24.6 Å². The number of aromatic nitrogens is 1. The summed E-state index contributed by atoms with van der Waals surface area (Å²) in [5.74, 6) is 1.39. The fourth-order valence-corrected chi connectivity index (χ4v) is 6.97. The van der Waals surface area contributed by atoms with Crippen LogP contribution in [0.25, 0.3) is 10.9 Å². The van der Waals surface area contributed by atoms with Crippen LogP contribution in [-0.4, -0.2) is 35.6 Å². The fraction of sp³-hybridized carbons (Fsp3) is 0.686. The topological polar surface area (TPSA) is 25.4 Å². The van der Waals surface area contributed by atoms with Gasteiger partial charge in [-0.15, -0.1) is 6.58 Å². The molecule has 1 aromatic carbocycles. The Labute approximate surface area is 233 Å². The van der Waals surface area contributed by atoms with Crippen molar-refractivity contribution in [2.24, 2.45) is 11.8 Å². The van der Waals surface area contributed by atoms with Gasteiger partial charge in [-0.05, 0) is 55.3 Å². The van der Waals surface area contributed by atoms with Gasteiger partial charge < -0.3 is 4.74 Å². The van der Waals surface area contributed by atoms with Gasteiger partial charge in [0.05, 0.1) is 11.6 Å². The third kappa shape index (κ3) is 8.39. The van der Waals surface area contributed by atoms with Gasteiger partial charge in [-0.25, -0.2) is 0 Å². The number of ether oxygens (including phenoxy) is 1. The van der Waals surface area contributed by atoms with E-state index in [9.17, 15) is 0 Å². The highest BCUT2D eigenvalue weighted by atomic mass is 16.5. The van der Waals surface area contributed by atoms with Crippen molar-refractivity contribution >= 4 is 10.9 Å². The zero-order valence-corrected chi connectivity index (χ0v) is 24.3. The van der Waals surface area contributed by atoms with Crippen molar-refractivity contribution in [3.63, 3.8) is 0 Å². The van der Waals surface area contributed by atoms with Crippen molar-refractivity contribution in [2.45, 2.75) is 122 Å². The molecule has 2 bridgehead atoms. The Balaban J connectivity index is 1.20. The summed E-state index contributed by atoms with van der Waals surface area (Å²) < 4.78 is 6.81. The summed E-state index contributed by atoms with van der Waals surface area (Å²) in [5.41, 5.74) is 2.41. The number of hydrogen-bond acceptors (Lipinski definition) is 3. The van der Waals surface area contributed by atoms with E-state index in [1.807, 2.05) is 6.20 Å². The first-order valence-electron chi connectivity index (χ1n) is 16.1. The summed E-state index contributed by atoms with van der Waals surface area (Å²) in [6.07, 6.45) is 26.3. The van der Waals surface area contributed by atoms with Crippen molar-refractivity contribution in [2.75, 3.05) is 19.7 Å². The van der Waals surface area contributed by atoms with Gasteiger partial charge in [0.25, 0.3) is 0 Å². The molecule has 2 aromatic rings. The highest BCUT2D eigenvalue weighted by Gasteiger charge is 2.43. The number of fused-ring (bicyclic) bond motifs is 4. The standard InChI is InChI=1S/C35H54N2O/c1-3-5-6-7-8-9-10-11-12-13-14-15-16-19-26-38-35(32-22-24-36-33-21-18-17-20-31(32)33)34-27-30-23-25-37(34)28-29(30)4-2/h4,17-18,20-22,24,29-30,34-35H,2-3,5-16,19,23,25-28H2,1H3/t29-,30-,34+,35-/m0/s1. The Morgan fingerprint density at radius 1 is 0.921 bits per heavy atom. The predicted octanol–water partition coefficient (Wildman–Crippen LogP) is 9.67. The molecule has 3 aliphatic heterocycles. The molecule has 3 saturated heterocycles. The van der Waals surface area contributed by atoms with E-state index >= 15 is 0 Å². The first kappa shape index (κ1) is 29.3. The van der Waals surface area contributed by atoms with Crippen molar-refractivity contribution in [3.05, 3.63) is 54.7 Å². The molecule has 4 heterocycles. The van der Waals surface area contributed by atoms with E-state index in [1.54, 1.807) is 0 Å². The summed E-state index contributed by atoms with van der Waals surface area (Å²) >= 11 is 0. The van der Waals surface area contributed by atoms with Gasteiger partial charge >= 0.3 is 0 Å². The molecule has 5 atom stereocenters. The summed E-state index contributed by atoms with van der Waals surface area (Å²) in [6, 6.07) is 11.3. The monoisotopic (exact) mass is 518 g/mol. The van der Waals surface area contributed by atoms with E-state index in [0.29, 0.717) is 12.0 Å². The molecule has 0 N–H and O–H groups in total. The molecule has 3 fully saturated rings. The van der Waals surface area contributed by atoms with Crippen LogP contribution < -0.4 is 0 Å². The largest absolute Gasteiger partial charge is 0.372 e. The van der Waals surface area contributed by atoms with E-state index in [2.05, 4.69) is 59.8 Å². The average Bonchev–Trinajstić information content (AvgIpc) is 2.97. The number of pyridine rings is 1. The van der Waals surface area contributed by atoms with E-state index in [-0.39, 0.29) is 6.10 Å². The van der Waals surface area contributed by atoms with E-state index in [1.165, 1.54) is 120 Å². The molecule has 0 spiro atoms. The summed E-state index contributed by atoms with van der Waals surface area (Å²) in [4.78, 5) is 7.33. The Morgan fingerprint density at radius 2 is 1.58 bits per heavy atom. The normalized spacial score (nSPS) is 23.6. The maximum atomic E-state index is 6.81. The highest BCUT2D eigenvalue weighted by molar-refractivity contribution is 5.82. The quantitative estimate of drug-likeness (QED) is 0.137. The molecular formula is C35H54N2O. The third-order valence-corrected chi connectivity index (χ3v) is 9.29. The van der Waals surface area contributed by atoms with Crippen LogP contribution in [0.4, 0.5) is 0 Å². The lowest BCUT2D eigenvalue weighted by atomic mass is 9.73. The molecule has 38 heavy (non-hydrogen) atoms. The molecule has 3 aliphatic rings. The van der Waals surface area contributed by atoms with Gasteiger partial charge in [-0.1, -0.05) is 115 Å². The van der Waals surface area contributed by atoms with E-state index < -0.39 is 0 Å². The van der Waals surface area contributed by atoms with Crippen molar-refractivity contribution in [3.8, 4) is 0 Å². The van der Waals surface area contributed by atoms with Crippen LogP contribution in [0, 0.1) is 11.8 Å². The van der Waals surface area contributed by atoms with Gasteiger partial charge in [0.1, 0.15) is 0 Å². The number of para-hydroxylation sites is 1. The number of piperidine rings is 3. The lowest BCUT2D eigenvalue weighted by Gasteiger charge is -2.51. The second kappa shape index (κ2) is 16.4. The molecule has 0 aliphatic carbocycles. The zero-order chi connectivity index (χ0) is 26.4. The predicted molar refractivity (Wildman–Crippen MR) is 163 cm³/mol. The minimum Gasteiger partial charge on any atom is -0.372 e. The van der Waals surface area contributed by atoms with Crippen LogP contribution in [0.15, 0.2) is 49.2 Å². The van der Waals surface area contributed by atoms with Crippen LogP contribution in [0.3, 0.4) is 0 Å². The molecule has 1 aromatic heterocycles. The van der Waals surface area contributed by atoms with Crippen molar-refractivity contribution in [1.82, 2.24) is 9.88 Å². The summed E-state index contributed by atoms with van der Waals surface area (Å²) in [6.45, 7) is 9.62. The second-order valence-electron chi connectivity index (χ2n) is 12.1. The maximum absolute atomic E-state index is 6.81. The average molecular weight is 519 g/mol. The smallest absolute Gasteiger partial charge is 0.0987 e. The third-order valence-electron chi connectivity index (χ3n) is 9.29. The van der Waals surface area contributed by atoms with Gasteiger partial charge in [-0.2, -0.15) is 0 Å². The number of hydrogen-bond donors (Lipinski definition) is 0. The minimum atomic E-state index is 0.124.